The molecule has 4 rings (SSSR count). The number of carbonyl (C=O) groups excluding carboxylic acids is 2. The van der Waals surface area contributed by atoms with Gasteiger partial charge in [0.15, 0.2) is 0 Å². The highest BCUT2D eigenvalue weighted by molar-refractivity contribution is 5.99. The molecule has 170 valence electrons. The van der Waals surface area contributed by atoms with Gasteiger partial charge in [-0.05, 0) is 38.0 Å². The molecule has 2 aliphatic rings. The van der Waals surface area contributed by atoms with Crippen molar-refractivity contribution < 1.29 is 23.8 Å². The molecule has 0 spiro atoms. The molecule has 8 nitrogen and oxygen atoms in total. The maximum Gasteiger partial charge on any atom is 0.409 e. The van der Waals surface area contributed by atoms with Crippen LogP contribution in [-0.4, -0.2) is 61.8 Å². The molecule has 8 heteroatoms. The molecule has 2 aromatic carbocycles. The number of carbonyl (C=O) groups is 2. The van der Waals surface area contributed by atoms with Crippen molar-refractivity contribution in [2.24, 2.45) is 0 Å². The first-order valence-electron chi connectivity index (χ1n) is 10.9. The Hall–Kier alpha value is -3.42. The molecule has 2 aliphatic heterocycles. The SMILES string of the molecule is CCOC(=O)N1CCC(N2C(=O)c3ccccc3[C@@H]2Nc2cc(OC)ccc2OC)CC1. The fraction of sp³-hybridized carbons (Fsp3) is 0.417. The number of nitrogens with one attached hydrogen (secondary N) is 1. The summed E-state index contributed by atoms with van der Waals surface area (Å²) in [6, 6.07) is 13.2. The number of amides is 2. The van der Waals surface area contributed by atoms with Crippen LogP contribution in [0.2, 0.25) is 0 Å². The van der Waals surface area contributed by atoms with E-state index in [1.165, 1.54) is 0 Å². The Bertz CT molecular complexity index is 987. The van der Waals surface area contributed by atoms with Crippen molar-refractivity contribution >= 4 is 17.7 Å². The minimum absolute atomic E-state index is 0.00493. The van der Waals surface area contributed by atoms with Crippen LogP contribution in [0.3, 0.4) is 0 Å². The lowest BCUT2D eigenvalue weighted by Crippen LogP contribution is -2.49. The average Bonchev–Trinajstić information content (AvgIpc) is 3.11. The molecule has 0 unspecified atom stereocenters. The normalized spacial score (nSPS) is 18.3. The topological polar surface area (TPSA) is 80.3 Å². The first-order valence-corrected chi connectivity index (χ1v) is 10.9. The standard InChI is InChI=1S/C24H29N3O5/c1-4-32-24(29)26-13-11-16(12-14-26)27-22(18-7-5-6-8-19(18)23(27)28)25-20-15-17(30-2)9-10-21(20)31-3/h5-10,15-16,22,25H,4,11-14H2,1-3H3/t22-/m1/s1. The van der Waals surface area contributed by atoms with E-state index >= 15 is 0 Å². The summed E-state index contributed by atoms with van der Waals surface area (Å²) >= 11 is 0. The zero-order valence-electron chi connectivity index (χ0n) is 18.7. The van der Waals surface area contributed by atoms with E-state index in [9.17, 15) is 9.59 Å². The van der Waals surface area contributed by atoms with E-state index in [2.05, 4.69) is 5.32 Å². The number of methoxy groups -OCH3 is 2. The maximum atomic E-state index is 13.4. The molecule has 0 radical (unpaired) electrons. The quantitative estimate of drug-likeness (QED) is 0.736. The summed E-state index contributed by atoms with van der Waals surface area (Å²) in [4.78, 5) is 29.1. The highest BCUT2D eigenvalue weighted by Crippen LogP contribution is 2.40. The van der Waals surface area contributed by atoms with Gasteiger partial charge >= 0.3 is 6.09 Å². The number of ether oxygens (including phenoxy) is 3. The zero-order valence-corrected chi connectivity index (χ0v) is 18.7. The Morgan fingerprint density at radius 1 is 1.09 bits per heavy atom. The summed E-state index contributed by atoms with van der Waals surface area (Å²) in [5, 5.41) is 3.52. The number of hydrogen-bond acceptors (Lipinski definition) is 6. The Morgan fingerprint density at radius 3 is 2.53 bits per heavy atom. The van der Waals surface area contributed by atoms with Crippen LogP contribution in [0.4, 0.5) is 10.5 Å². The molecule has 1 atom stereocenters. The van der Waals surface area contributed by atoms with Crippen molar-refractivity contribution in [3.8, 4) is 11.5 Å². The third kappa shape index (κ3) is 4.04. The minimum atomic E-state index is -0.348. The summed E-state index contributed by atoms with van der Waals surface area (Å²) in [6.45, 7) is 3.26. The van der Waals surface area contributed by atoms with Gasteiger partial charge in [-0.2, -0.15) is 0 Å². The van der Waals surface area contributed by atoms with Gasteiger partial charge in [-0.15, -0.1) is 0 Å². The Labute approximate surface area is 188 Å². The molecule has 0 aromatic heterocycles. The number of hydrogen-bond donors (Lipinski definition) is 1. The fourth-order valence-electron chi connectivity index (χ4n) is 4.48. The Morgan fingerprint density at radius 2 is 1.84 bits per heavy atom. The molecular formula is C24H29N3O5. The average molecular weight is 440 g/mol. The van der Waals surface area contributed by atoms with E-state index in [0.717, 1.165) is 11.3 Å². The van der Waals surface area contributed by atoms with Crippen molar-refractivity contribution in [3.05, 3.63) is 53.6 Å². The number of benzene rings is 2. The molecule has 2 aromatic rings. The molecule has 1 saturated heterocycles. The van der Waals surface area contributed by atoms with E-state index in [0.29, 0.717) is 49.6 Å². The van der Waals surface area contributed by atoms with Crippen LogP contribution in [0.1, 0.15) is 41.9 Å². The van der Waals surface area contributed by atoms with Crippen molar-refractivity contribution in [1.82, 2.24) is 9.80 Å². The van der Waals surface area contributed by atoms with E-state index in [4.69, 9.17) is 14.2 Å². The molecule has 1 N–H and O–H groups in total. The van der Waals surface area contributed by atoms with E-state index in [1.54, 1.807) is 26.0 Å². The van der Waals surface area contributed by atoms with Crippen LogP contribution in [0, 0.1) is 0 Å². The molecule has 2 amide bonds. The Kier molecular flexibility index (Phi) is 6.39. The summed E-state index contributed by atoms with van der Waals surface area (Å²) in [5.74, 6) is 1.36. The molecule has 32 heavy (non-hydrogen) atoms. The van der Waals surface area contributed by atoms with Gasteiger partial charge in [0.1, 0.15) is 17.7 Å². The third-order valence-corrected chi connectivity index (χ3v) is 6.08. The van der Waals surface area contributed by atoms with E-state index in [1.807, 2.05) is 47.4 Å². The Balaban J connectivity index is 1.61. The number of rotatable bonds is 6. The number of anilines is 1. The molecule has 2 heterocycles. The first kappa shape index (κ1) is 21.8. The summed E-state index contributed by atoms with van der Waals surface area (Å²) in [6.07, 6.45) is 0.731. The van der Waals surface area contributed by atoms with Crippen molar-refractivity contribution in [3.63, 3.8) is 0 Å². The number of likely N-dealkylation sites (tertiary alicyclic amines) is 1. The van der Waals surface area contributed by atoms with Crippen LogP contribution in [0.25, 0.3) is 0 Å². The van der Waals surface area contributed by atoms with Crippen LogP contribution in [0.15, 0.2) is 42.5 Å². The summed E-state index contributed by atoms with van der Waals surface area (Å²) in [7, 11) is 3.23. The smallest absolute Gasteiger partial charge is 0.409 e. The fourth-order valence-corrected chi connectivity index (χ4v) is 4.48. The first-order chi connectivity index (χ1) is 15.6. The van der Waals surface area contributed by atoms with Crippen molar-refractivity contribution in [2.75, 3.05) is 39.2 Å². The lowest BCUT2D eigenvalue weighted by molar-refractivity contribution is 0.0496. The maximum absolute atomic E-state index is 13.4. The summed E-state index contributed by atoms with van der Waals surface area (Å²) < 4.78 is 16.0. The second-order valence-electron chi connectivity index (χ2n) is 7.83. The van der Waals surface area contributed by atoms with Gasteiger partial charge in [0.25, 0.3) is 5.91 Å². The monoisotopic (exact) mass is 439 g/mol. The van der Waals surface area contributed by atoms with Crippen LogP contribution < -0.4 is 14.8 Å². The molecule has 0 saturated carbocycles. The third-order valence-electron chi connectivity index (χ3n) is 6.08. The number of nitrogens with zero attached hydrogens (tertiary/aromatic N) is 2. The lowest BCUT2D eigenvalue weighted by atomic mass is 10.0. The zero-order chi connectivity index (χ0) is 22.7. The van der Waals surface area contributed by atoms with Crippen molar-refractivity contribution in [2.45, 2.75) is 32.0 Å². The molecule has 1 fully saturated rings. The van der Waals surface area contributed by atoms with Crippen LogP contribution >= 0.6 is 0 Å². The van der Waals surface area contributed by atoms with Crippen molar-refractivity contribution in [1.29, 1.82) is 0 Å². The van der Waals surface area contributed by atoms with E-state index in [-0.39, 0.29) is 24.2 Å². The van der Waals surface area contributed by atoms with Gasteiger partial charge in [0.2, 0.25) is 0 Å². The predicted octanol–water partition coefficient (Wildman–Crippen LogP) is 3.89. The lowest BCUT2D eigenvalue weighted by Gasteiger charge is -2.39. The second kappa shape index (κ2) is 9.38. The summed E-state index contributed by atoms with van der Waals surface area (Å²) in [5.41, 5.74) is 2.37. The van der Waals surface area contributed by atoms with Gasteiger partial charge in [0, 0.05) is 36.3 Å². The largest absolute Gasteiger partial charge is 0.497 e. The predicted molar refractivity (Wildman–Crippen MR) is 120 cm³/mol. The molecular weight excluding hydrogens is 410 g/mol. The molecule has 0 aliphatic carbocycles. The van der Waals surface area contributed by atoms with E-state index < -0.39 is 0 Å². The number of piperidine rings is 1. The number of fused-ring (bicyclic) bond motifs is 1. The minimum Gasteiger partial charge on any atom is -0.497 e. The van der Waals surface area contributed by atoms with Crippen LogP contribution in [-0.2, 0) is 4.74 Å². The molecule has 0 bridgehead atoms. The van der Waals surface area contributed by atoms with Gasteiger partial charge in [-0.25, -0.2) is 4.79 Å². The van der Waals surface area contributed by atoms with Crippen LogP contribution in [0.5, 0.6) is 11.5 Å². The van der Waals surface area contributed by atoms with Gasteiger partial charge < -0.3 is 29.3 Å². The van der Waals surface area contributed by atoms with Gasteiger partial charge in [0.05, 0.1) is 26.5 Å². The van der Waals surface area contributed by atoms with Gasteiger partial charge in [-0.1, -0.05) is 18.2 Å². The second-order valence-corrected chi connectivity index (χ2v) is 7.83. The van der Waals surface area contributed by atoms with Gasteiger partial charge in [-0.3, -0.25) is 4.79 Å². The highest BCUT2D eigenvalue weighted by atomic mass is 16.6. The highest BCUT2D eigenvalue weighted by Gasteiger charge is 2.42.